The van der Waals surface area contributed by atoms with Gasteiger partial charge >= 0.3 is 0 Å². The van der Waals surface area contributed by atoms with Crippen molar-refractivity contribution in [3.8, 4) is 11.8 Å². The normalized spacial score (nSPS) is 10.1. The first-order chi connectivity index (χ1) is 9.26. The number of amides is 1. The first-order valence-corrected chi connectivity index (χ1v) is 6.01. The summed E-state index contributed by atoms with van der Waals surface area (Å²) < 4.78 is 11.0. The Kier molecular flexibility index (Phi) is 4.04. The fourth-order valence-electron chi connectivity index (χ4n) is 1.77. The zero-order valence-corrected chi connectivity index (χ0v) is 10.6. The Bertz CT molecular complexity index is 625. The molecule has 0 aliphatic carbocycles. The lowest BCUT2D eigenvalue weighted by atomic mass is 10.2. The molecule has 0 radical (unpaired) electrons. The van der Waals surface area contributed by atoms with Crippen LogP contribution < -0.4 is 10.1 Å². The number of benzene rings is 1. The summed E-state index contributed by atoms with van der Waals surface area (Å²) >= 11 is 0. The molecule has 2 rings (SSSR count). The minimum atomic E-state index is -0.0267. The second-order valence-electron chi connectivity index (χ2n) is 3.99. The largest absolute Gasteiger partial charge is 0.488 e. The molecular formula is C14H14N2O3. The summed E-state index contributed by atoms with van der Waals surface area (Å²) in [4.78, 5) is 11.1. The molecular weight excluding hydrogens is 244 g/mol. The fraction of sp³-hybridized carbons (Fsp3) is 0.286. The van der Waals surface area contributed by atoms with E-state index < -0.39 is 0 Å². The molecule has 5 nitrogen and oxygen atoms in total. The maximum atomic E-state index is 11.1. The van der Waals surface area contributed by atoms with Gasteiger partial charge in [-0.15, -0.1) is 0 Å². The van der Waals surface area contributed by atoms with E-state index in [-0.39, 0.29) is 11.7 Å². The third-order valence-electron chi connectivity index (χ3n) is 2.72. The molecule has 0 aliphatic heterocycles. The topological polar surface area (TPSA) is 75.3 Å². The van der Waals surface area contributed by atoms with Crippen LogP contribution in [0.4, 0.5) is 0 Å². The summed E-state index contributed by atoms with van der Waals surface area (Å²) in [5.41, 5.74) is 0.625. The van der Waals surface area contributed by atoms with Crippen LogP contribution in [0.25, 0.3) is 11.0 Å². The zero-order valence-electron chi connectivity index (χ0n) is 10.6. The summed E-state index contributed by atoms with van der Waals surface area (Å²) in [6.45, 7) is 0.367. The van der Waals surface area contributed by atoms with Crippen molar-refractivity contribution in [1.29, 1.82) is 5.26 Å². The first-order valence-electron chi connectivity index (χ1n) is 6.01. The Hall–Kier alpha value is -2.48. The van der Waals surface area contributed by atoms with Crippen LogP contribution in [-0.2, 0) is 4.79 Å². The molecule has 0 bridgehead atoms. The van der Waals surface area contributed by atoms with E-state index in [0.717, 1.165) is 5.39 Å². The molecule has 0 fully saturated rings. The summed E-state index contributed by atoms with van der Waals surface area (Å²) in [5, 5.41) is 12.3. The maximum absolute atomic E-state index is 11.1. The average molecular weight is 258 g/mol. The van der Waals surface area contributed by atoms with Gasteiger partial charge in [-0.2, -0.15) is 5.26 Å². The molecule has 0 atom stereocenters. The molecule has 1 aromatic carbocycles. The Balaban J connectivity index is 2.07. The van der Waals surface area contributed by atoms with E-state index >= 15 is 0 Å². The predicted molar refractivity (Wildman–Crippen MR) is 69.7 cm³/mol. The smallest absolute Gasteiger partial charge is 0.246 e. The van der Waals surface area contributed by atoms with E-state index in [1.807, 2.05) is 24.3 Å². The minimum absolute atomic E-state index is 0.0267. The number of nitrogens with one attached hydrogen (secondary N) is 1. The Morgan fingerprint density at radius 2 is 2.26 bits per heavy atom. The van der Waals surface area contributed by atoms with Crippen molar-refractivity contribution >= 4 is 16.9 Å². The molecule has 0 unspecified atom stereocenters. The van der Waals surface area contributed by atoms with Crippen molar-refractivity contribution in [2.24, 2.45) is 0 Å². The number of nitrogens with zero attached hydrogens (tertiary/aromatic N) is 1. The molecule has 0 saturated carbocycles. The standard InChI is InChI=1S/C14H14N2O3/c1-16-13(17)7-4-8-18-14-10-5-2-3-6-11(10)19-12(14)9-15/h2-3,5-6H,4,7-8H2,1H3,(H,16,17). The van der Waals surface area contributed by atoms with Gasteiger partial charge in [0.2, 0.25) is 11.7 Å². The van der Waals surface area contributed by atoms with Gasteiger partial charge in [0, 0.05) is 13.5 Å². The second kappa shape index (κ2) is 5.91. The molecule has 1 amide bonds. The van der Waals surface area contributed by atoms with Crippen LogP contribution in [0.2, 0.25) is 0 Å². The van der Waals surface area contributed by atoms with Gasteiger partial charge in [0.15, 0.2) is 5.75 Å². The van der Waals surface area contributed by atoms with Crippen molar-refractivity contribution in [2.75, 3.05) is 13.7 Å². The molecule has 1 N–H and O–H groups in total. The van der Waals surface area contributed by atoms with Crippen molar-refractivity contribution in [3.05, 3.63) is 30.0 Å². The van der Waals surface area contributed by atoms with E-state index in [1.165, 1.54) is 0 Å². The average Bonchev–Trinajstić information content (AvgIpc) is 2.81. The molecule has 2 aromatic rings. The van der Waals surface area contributed by atoms with E-state index in [4.69, 9.17) is 14.4 Å². The number of fused-ring (bicyclic) bond motifs is 1. The number of rotatable bonds is 5. The third-order valence-corrected chi connectivity index (χ3v) is 2.72. The number of carbonyl (C=O) groups excluding carboxylic acids is 1. The fourth-order valence-corrected chi connectivity index (χ4v) is 1.77. The highest BCUT2D eigenvalue weighted by Crippen LogP contribution is 2.32. The van der Waals surface area contributed by atoms with Crippen molar-refractivity contribution in [1.82, 2.24) is 5.32 Å². The Labute approximate surface area is 110 Å². The molecule has 19 heavy (non-hydrogen) atoms. The van der Waals surface area contributed by atoms with Gasteiger partial charge in [0.1, 0.15) is 11.7 Å². The molecule has 5 heteroatoms. The highest BCUT2D eigenvalue weighted by Gasteiger charge is 2.14. The number of hydrogen-bond acceptors (Lipinski definition) is 4. The van der Waals surface area contributed by atoms with Crippen LogP contribution in [0.5, 0.6) is 5.75 Å². The number of nitriles is 1. The summed E-state index contributed by atoms with van der Waals surface area (Å²) in [6, 6.07) is 9.29. The van der Waals surface area contributed by atoms with E-state index in [1.54, 1.807) is 13.1 Å². The van der Waals surface area contributed by atoms with Crippen LogP contribution >= 0.6 is 0 Å². The number of para-hydroxylation sites is 1. The van der Waals surface area contributed by atoms with Gasteiger partial charge in [0.05, 0.1) is 12.0 Å². The SMILES string of the molecule is CNC(=O)CCCOc1c(C#N)oc2ccccc12. The van der Waals surface area contributed by atoms with Crippen LogP contribution in [-0.4, -0.2) is 19.6 Å². The van der Waals surface area contributed by atoms with Gasteiger partial charge in [-0.3, -0.25) is 4.79 Å². The lowest BCUT2D eigenvalue weighted by molar-refractivity contribution is -0.120. The number of carbonyl (C=O) groups is 1. The highest BCUT2D eigenvalue weighted by atomic mass is 16.5. The molecule has 98 valence electrons. The molecule has 0 saturated heterocycles. The van der Waals surface area contributed by atoms with Crippen LogP contribution in [0.15, 0.2) is 28.7 Å². The van der Waals surface area contributed by atoms with Crippen molar-refractivity contribution in [2.45, 2.75) is 12.8 Å². The molecule has 0 spiro atoms. The van der Waals surface area contributed by atoms with Crippen LogP contribution in [0.1, 0.15) is 18.6 Å². The van der Waals surface area contributed by atoms with E-state index in [2.05, 4.69) is 5.32 Å². The summed E-state index contributed by atoms with van der Waals surface area (Å²) in [6.07, 6.45) is 0.984. The summed E-state index contributed by atoms with van der Waals surface area (Å²) in [5.74, 6) is 0.595. The number of hydrogen-bond donors (Lipinski definition) is 1. The maximum Gasteiger partial charge on any atom is 0.246 e. The van der Waals surface area contributed by atoms with Gasteiger partial charge in [-0.25, -0.2) is 0 Å². The molecule has 0 aliphatic rings. The summed E-state index contributed by atoms with van der Waals surface area (Å²) in [7, 11) is 1.60. The van der Waals surface area contributed by atoms with Crippen molar-refractivity contribution in [3.63, 3.8) is 0 Å². The lowest BCUT2D eigenvalue weighted by Gasteiger charge is -2.04. The molecule has 1 aromatic heterocycles. The quantitative estimate of drug-likeness (QED) is 0.834. The first kappa shape index (κ1) is 13.0. The predicted octanol–water partition coefficient (Wildman–Crippen LogP) is 2.21. The van der Waals surface area contributed by atoms with Crippen molar-refractivity contribution < 1.29 is 13.9 Å². The van der Waals surface area contributed by atoms with Crippen LogP contribution in [0, 0.1) is 11.3 Å². The van der Waals surface area contributed by atoms with Crippen LogP contribution in [0.3, 0.4) is 0 Å². The van der Waals surface area contributed by atoms with Gasteiger partial charge < -0.3 is 14.5 Å². The molecule has 1 heterocycles. The minimum Gasteiger partial charge on any atom is -0.488 e. The second-order valence-corrected chi connectivity index (χ2v) is 3.99. The van der Waals surface area contributed by atoms with Gasteiger partial charge in [-0.1, -0.05) is 12.1 Å². The van der Waals surface area contributed by atoms with E-state index in [0.29, 0.717) is 30.8 Å². The highest BCUT2D eigenvalue weighted by molar-refractivity contribution is 5.86. The van der Waals surface area contributed by atoms with Gasteiger partial charge in [0.25, 0.3) is 0 Å². The Morgan fingerprint density at radius 3 is 3.00 bits per heavy atom. The number of furan rings is 1. The zero-order chi connectivity index (χ0) is 13.7. The third kappa shape index (κ3) is 2.86. The van der Waals surface area contributed by atoms with E-state index in [9.17, 15) is 4.79 Å². The lowest BCUT2D eigenvalue weighted by Crippen LogP contribution is -2.18. The monoisotopic (exact) mass is 258 g/mol. The number of ether oxygens (including phenoxy) is 1. The Morgan fingerprint density at radius 1 is 1.47 bits per heavy atom. The van der Waals surface area contributed by atoms with Gasteiger partial charge in [-0.05, 0) is 18.6 Å².